The summed E-state index contributed by atoms with van der Waals surface area (Å²) in [6.07, 6.45) is -1.52. The van der Waals surface area contributed by atoms with Gasteiger partial charge in [0.15, 0.2) is 0 Å². The van der Waals surface area contributed by atoms with Crippen molar-refractivity contribution in [2.45, 2.75) is 50.1 Å². The zero-order chi connectivity index (χ0) is 24.7. The normalized spacial score (nSPS) is 12.3. The lowest BCUT2D eigenvalue weighted by Gasteiger charge is -2.17. The number of ether oxygens (including phenoxy) is 4. The van der Waals surface area contributed by atoms with Gasteiger partial charge in [-0.05, 0) is 82.1 Å². The Bertz CT molecular complexity index is 985. The number of halogens is 2. The minimum absolute atomic E-state index is 0.307. The molecule has 176 valence electrons. The van der Waals surface area contributed by atoms with Crippen LogP contribution in [-0.4, -0.2) is 24.5 Å². The summed E-state index contributed by atoms with van der Waals surface area (Å²) < 4.78 is 23.1. The van der Waals surface area contributed by atoms with Gasteiger partial charge in [0.05, 0.1) is 8.95 Å². The number of esters is 2. The summed E-state index contributed by atoms with van der Waals surface area (Å²) in [5, 5.41) is 0. The molecule has 0 radical (unpaired) electrons. The highest BCUT2D eigenvalue weighted by Gasteiger charge is 2.15. The molecule has 2 aromatic carbocycles. The maximum absolute atomic E-state index is 11.6. The van der Waals surface area contributed by atoms with E-state index in [0.29, 0.717) is 22.6 Å². The molecular formula is C24H24Br2O6S. The van der Waals surface area contributed by atoms with E-state index in [2.05, 4.69) is 45.0 Å². The summed E-state index contributed by atoms with van der Waals surface area (Å²) >= 11 is 8.52. The Hall–Kier alpha value is -2.23. The molecule has 6 nitrogen and oxygen atoms in total. The lowest BCUT2D eigenvalue weighted by atomic mass is 10.3. The molecule has 0 aliphatic carbocycles. The van der Waals surface area contributed by atoms with Crippen LogP contribution < -0.4 is 9.47 Å². The first-order valence-corrected chi connectivity index (χ1v) is 12.2. The van der Waals surface area contributed by atoms with Crippen LogP contribution in [-0.2, 0) is 19.1 Å². The Morgan fingerprint density at radius 2 is 1.15 bits per heavy atom. The average Bonchev–Trinajstić information content (AvgIpc) is 2.71. The molecule has 0 aromatic heterocycles. The summed E-state index contributed by atoms with van der Waals surface area (Å²) in [5.74, 6) is 0.0773. The molecule has 0 saturated heterocycles. The highest BCUT2D eigenvalue weighted by Crippen LogP contribution is 2.37. The quantitative estimate of drug-likeness (QED) is 0.165. The lowest BCUT2D eigenvalue weighted by molar-refractivity contribution is -0.157. The second kappa shape index (κ2) is 12.3. The van der Waals surface area contributed by atoms with Crippen molar-refractivity contribution in [1.82, 2.24) is 0 Å². The van der Waals surface area contributed by atoms with Crippen LogP contribution in [0.3, 0.4) is 0 Å². The Morgan fingerprint density at radius 1 is 0.788 bits per heavy atom. The van der Waals surface area contributed by atoms with E-state index in [9.17, 15) is 9.59 Å². The maximum Gasteiger partial charge on any atom is 0.336 e. The zero-order valence-electron chi connectivity index (χ0n) is 18.6. The molecular weight excluding hydrogens is 576 g/mol. The van der Waals surface area contributed by atoms with Gasteiger partial charge in [-0.25, -0.2) is 9.59 Å². The molecule has 0 amide bonds. The molecule has 2 rings (SSSR count). The highest BCUT2D eigenvalue weighted by molar-refractivity contribution is 9.11. The molecule has 9 heteroatoms. The van der Waals surface area contributed by atoms with E-state index < -0.39 is 24.5 Å². The molecule has 0 heterocycles. The van der Waals surface area contributed by atoms with Crippen molar-refractivity contribution in [2.24, 2.45) is 0 Å². The monoisotopic (exact) mass is 598 g/mol. The maximum atomic E-state index is 11.6. The average molecular weight is 600 g/mol. The fourth-order valence-electron chi connectivity index (χ4n) is 2.33. The molecule has 2 atom stereocenters. The first-order valence-electron chi connectivity index (χ1n) is 9.79. The molecule has 2 aromatic rings. The van der Waals surface area contributed by atoms with Crippen molar-refractivity contribution < 1.29 is 28.5 Å². The molecule has 33 heavy (non-hydrogen) atoms. The van der Waals surface area contributed by atoms with Crippen molar-refractivity contribution in [3.8, 4) is 11.5 Å². The second-order valence-corrected chi connectivity index (χ2v) is 9.88. The standard InChI is InChI=1S/C24H24Br2O6S/c1-13(2)23(27)31-15(5)29-21-9-7-17(11-19(21)25)33-18-8-10-22(20(26)12-18)30-16(6)32-24(28)14(3)4/h7-12,15-16H,1,3H2,2,4-6H3. The van der Waals surface area contributed by atoms with Gasteiger partial charge >= 0.3 is 11.9 Å². The Kier molecular flexibility index (Phi) is 10.1. The van der Waals surface area contributed by atoms with E-state index in [-0.39, 0.29) is 0 Å². The summed E-state index contributed by atoms with van der Waals surface area (Å²) in [4.78, 5) is 25.2. The van der Waals surface area contributed by atoms with Gasteiger partial charge in [-0.3, -0.25) is 0 Å². The molecule has 0 N–H and O–H groups in total. The smallest absolute Gasteiger partial charge is 0.336 e. The molecule has 0 fully saturated rings. The fourth-order valence-corrected chi connectivity index (χ4v) is 4.47. The van der Waals surface area contributed by atoms with E-state index in [1.165, 1.54) is 11.8 Å². The number of rotatable bonds is 10. The van der Waals surface area contributed by atoms with Crippen LogP contribution in [0.25, 0.3) is 0 Å². The van der Waals surface area contributed by atoms with Crippen molar-refractivity contribution in [3.05, 3.63) is 69.6 Å². The van der Waals surface area contributed by atoms with Crippen molar-refractivity contribution in [2.75, 3.05) is 0 Å². The van der Waals surface area contributed by atoms with Gasteiger partial charge in [-0.15, -0.1) is 0 Å². The lowest BCUT2D eigenvalue weighted by Crippen LogP contribution is -2.21. The van der Waals surface area contributed by atoms with Crippen LogP contribution in [0.4, 0.5) is 0 Å². The molecule has 0 spiro atoms. The predicted molar refractivity (Wildman–Crippen MR) is 134 cm³/mol. The van der Waals surface area contributed by atoms with Gasteiger partial charge in [0.1, 0.15) is 11.5 Å². The summed E-state index contributed by atoms with van der Waals surface area (Å²) in [6.45, 7) is 13.5. The minimum atomic E-state index is -0.760. The van der Waals surface area contributed by atoms with E-state index in [0.717, 1.165) is 18.7 Å². The van der Waals surface area contributed by atoms with Gasteiger partial charge in [0.2, 0.25) is 12.6 Å². The van der Waals surface area contributed by atoms with E-state index in [1.54, 1.807) is 39.8 Å². The van der Waals surface area contributed by atoms with Crippen molar-refractivity contribution in [1.29, 1.82) is 0 Å². The Morgan fingerprint density at radius 3 is 1.45 bits per heavy atom. The van der Waals surface area contributed by atoms with E-state index >= 15 is 0 Å². The summed E-state index contributed by atoms with van der Waals surface area (Å²) in [6, 6.07) is 11.2. The largest absolute Gasteiger partial charge is 0.454 e. The first-order chi connectivity index (χ1) is 15.5. The number of hydrogen-bond donors (Lipinski definition) is 0. The van der Waals surface area contributed by atoms with Crippen LogP contribution in [0, 0.1) is 0 Å². The topological polar surface area (TPSA) is 71.1 Å². The molecule has 0 saturated carbocycles. The molecule has 2 unspecified atom stereocenters. The summed E-state index contributed by atoms with van der Waals surface area (Å²) in [5.41, 5.74) is 0.613. The van der Waals surface area contributed by atoms with Gasteiger partial charge < -0.3 is 18.9 Å². The third-order valence-electron chi connectivity index (χ3n) is 3.87. The Labute approximate surface area is 214 Å². The van der Waals surface area contributed by atoms with Crippen molar-refractivity contribution >= 4 is 55.6 Å². The van der Waals surface area contributed by atoms with Crippen LogP contribution in [0.5, 0.6) is 11.5 Å². The molecule has 0 aliphatic heterocycles. The van der Waals surface area contributed by atoms with Gasteiger partial charge in [-0.1, -0.05) is 24.9 Å². The van der Waals surface area contributed by atoms with Gasteiger partial charge in [0, 0.05) is 34.8 Å². The summed E-state index contributed by atoms with van der Waals surface area (Å²) in [7, 11) is 0. The number of hydrogen-bond acceptors (Lipinski definition) is 7. The van der Waals surface area contributed by atoms with Crippen molar-refractivity contribution in [3.63, 3.8) is 0 Å². The number of carbonyl (C=O) groups is 2. The third kappa shape index (κ3) is 8.57. The Balaban J connectivity index is 2.01. The van der Waals surface area contributed by atoms with Gasteiger partial charge in [0.25, 0.3) is 0 Å². The van der Waals surface area contributed by atoms with Gasteiger partial charge in [-0.2, -0.15) is 0 Å². The van der Waals surface area contributed by atoms with Crippen LogP contribution in [0.1, 0.15) is 27.7 Å². The third-order valence-corrected chi connectivity index (χ3v) is 6.09. The fraction of sp³-hybridized carbons (Fsp3) is 0.250. The molecule has 0 bridgehead atoms. The van der Waals surface area contributed by atoms with E-state index in [1.807, 2.05) is 24.3 Å². The highest BCUT2D eigenvalue weighted by atomic mass is 79.9. The number of benzene rings is 2. The first kappa shape index (κ1) is 27.0. The second-order valence-electron chi connectivity index (χ2n) is 7.03. The minimum Gasteiger partial charge on any atom is -0.454 e. The predicted octanol–water partition coefficient (Wildman–Crippen LogP) is 7.05. The van der Waals surface area contributed by atoms with E-state index in [4.69, 9.17) is 18.9 Å². The SMILES string of the molecule is C=C(C)C(=O)OC(C)Oc1ccc(Sc2ccc(OC(C)OC(=O)C(=C)C)c(Br)c2)cc1Br. The van der Waals surface area contributed by atoms with Crippen LogP contribution >= 0.6 is 43.6 Å². The molecule has 0 aliphatic rings. The van der Waals surface area contributed by atoms with Crippen LogP contribution in [0.2, 0.25) is 0 Å². The van der Waals surface area contributed by atoms with Crippen LogP contribution in [0.15, 0.2) is 79.4 Å². The number of carbonyl (C=O) groups excluding carboxylic acids is 2. The zero-order valence-corrected chi connectivity index (χ0v) is 22.6.